The van der Waals surface area contributed by atoms with Crippen LogP contribution < -0.4 is 19.7 Å². The Bertz CT molecular complexity index is 1580. The first kappa shape index (κ1) is 31.6. The summed E-state index contributed by atoms with van der Waals surface area (Å²) in [6.45, 7) is 2.64. The van der Waals surface area contributed by atoms with Crippen LogP contribution in [0.15, 0.2) is 115 Å². The van der Waals surface area contributed by atoms with E-state index in [4.69, 9.17) is 9.47 Å². The van der Waals surface area contributed by atoms with Crippen molar-refractivity contribution >= 4 is 29.0 Å². The van der Waals surface area contributed by atoms with E-state index in [1.165, 1.54) is 6.08 Å². The fraction of sp³-hybridized carbons (Fsp3) is 0.194. The van der Waals surface area contributed by atoms with Gasteiger partial charge in [-0.1, -0.05) is 66.7 Å². The fourth-order valence-electron chi connectivity index (χ4n) is 4.69. The van der Waals surface area contributed by atoms with Gasteiger partial charge in [-0.2, -0.15) is 0 Å². The van der Waals surface area contributed by atoms with Crippen LogP contribution in [0.25, 0.3) is 0 Å². The van der Waals surface area contributed by atoms with Gasteiger partial charge in [0.05, 0.1) is 13.7 Å². The topological polar surface area (TPSA) is 105 Å². The Hall–Kier alpha value is -5.37. The van der Waals surface area contributed by atoms with E-state index in [1.54, 1.807) is 85.7 Å². The summed E-state index contributed by atoms with van der Waals surface area (Å²) in [6, 6.07) is 29.5. The third kappa shape index (κ3) is 8.58. The third-order valence-corrected chi connectivity index (χ3v) is 6.93. The van der Waals surface area contributed by atoms with Crippen molar-refractivity contribution in [2.24, 2.45) is 0 Å². The number of carbonyl (C=O) groups excluding carboxylic acids is 2. The van der Waals surface area contributed by atoms with E-state index in [2.05, 4.69) is 5.32 Å². The van der Waals surface area contributed by atoms with Crippen molar-refractivity contribution in [1.29, 1.82) is 0 Å². The molecule has 0 bridgehead atoms. The summed E-state index contributed by atoms with van der Waals surface area (Å²) in [6.07, 6.45) is 4.03. The van der Waals surface area contributed by atoms with Crippen LogP contribution in [0, 0.1) is 0 Å². The number of hydrogen-bond donors (Lipinski definition) is 2. The van der Waals surface area contributed by atoms with Crippen molar-refractivity contribution in [3.05, 3.63) is 132 Å². The first-order chi connectivity index (χ1) is 21.4. The predicted octanol–water partition coefficient (Wildman–Crippen LogP) is 6.41. The van der Waals surface area contributed by atoms with Crippen molar-refractivity contribution in [3.63, 3.8) is 0 Å². The van der Waals surface area contributed by atoms with Gasteiger partial charge in [-0.15, -0.1) is 0 Å². The molecule has 0 saturated heterocycles. The van der Waals surface area contributed by atoms with E-state index in [0.29, 0.717) is 47.9 Å². The van der Waals surface area contributed by atoms with Crippen molar-refractivity contribution in [1.82, 2.24) is 0 Å². The number of carboxylic acids is 1. The van der Waals surface area contributed by atoms with E-state index < -0.39 is 12.0 Å². The van der Waals surface area contributed by atoms with E-state index >= 15 is 0 Å². The van der Waals surface area contributed by atoms with Gasteiger partial charge in [0, 0.05) is 41.5 Å². The second-order valence-electron chi connectivity index (χ2n) is 10.0. The Morgan fingerprint density at radius 1 is 0.886 bits per heavy atom. The number of allylic oxidation sites excluding steroid dienone is 1. The smallest absolute Gasteiger partial charge is 0.326 e. The van der Waals surface area contributed by atoms with Gasteiger partial charge >= 0.3 is 5.97 Å². The molecule has 8 heteroatoms. The molecule has 0 heterocycles. The molecule has 0 aliphatic carbocycles. The molecular weight excluding hydrogens is 556 g/mol. The zero-order chi connectivity index (χ0) is 31.3. The molecule has 2 N–H and O–H groups in total. The number of carbonyl (C=O) groups is 3. The third-order valence-electron chi connectivity index (χ3n) is 6.93. The molecule has 4 aromatic carbocycles. The maximum Gasteiger partial charge on any atom is 0.326 e. The summed E-state index contributed by atoms with van der Waals surface area (Å²) < 4.78 is 11.2. The van der Waals surface area contributed by atoms with Crippen LogP contribution in [0.3, 0.4) is 0 Å². The molecule has 4 rings (SSSR count). The zero-order valence-corrected chi connectivity index (χ0v) is 24.8. The van der Waals surface area contributed by atoms with Gasteiger partial charge in [0.25, 0.3) is 5.91 Å². The number of ether oxygens (including phenoxy) is 2. The minimum absolute atomic E-state index is 0.126. The zero-order valence-electron chi connectivity index (χ0n) is 24.8. The molecule has 1 amide bonds. The van der Waals surface area contributed by atoms with Crippen molar-refractivity contribution in [3.8, 4) is 11.5 Å². The molecule has 0 unspecified atom stereocenters. The van der Waals surface area contributed by atoms with Crippen LogP contribution in [-0.4, -0.2) is 49.1 Å². The van der Waals surface area contributed by atoms with E-state index in [0.717, 1.165) is 11.3 Å². The Balaban J connectivity index is 1.35. The number of methoxy groups -OCH3 is 1. The number of benzene rings is 4. The Morgan fingerprint density at radius 2 is 1.61 bits per heavy atom. The van der Waals surface area contributed by atoms with Crippen LogP contribution in [0.4, 0.5) is 11.4 Å². The van der Waals surface area contributed by atoms with Crippen LogP contribution in [-0.2, 0) is 16.0 Å². The van der Waals surface area contributed by atoms with Crippen molar-refractivity contribution < 1.29 is 29.0 Å². The number of aliphatic carboxylic acids is 1. The molecule has 0 aliphatic rings. The van der Waals surface area contributed by atoms with Gasteiger partial charge in [-0.25, -0.2) is 4.79 Å². The highest BCUT2D eigenvalue weighted by Gasteiger charge is 2.21. The fourth-order valence-corrected chi connectivity index (χ4v) is 4.69. The summed E-state index contributed by atoms with van der Waals surface area (Å²) in [5.74, 6) is -0.0290. The number of hydrogen-bond acceptors (Lipinski definition) is 6. The number of anilines is 2. The lowest BCUT2D eigenvalue weighted by Crippen LogP contribution is -2.32. The van der Waals surface area contributed by atoms with E-state index in [1.807, 2.05) is 42.5 Å². The quantitative estimate of drug-likeness (QED) is 0.0933. The molecular formula is C36H36N2O6. The maximum absolute atomic E-state index is 13.1. The lowest BCUT2D eigenvalue weighted by atomic mass is 10.00. The van der Waals surface area contributed by atoms with Gasteiger partial charge < -0.3 is 24.8 Å². The SMILES string of the molecule is CC=CC(=O)N(CCCOc1ccc(C[C@H](Nc2ccccc2C(=O)c2ccccc2)C(=O)O)cc1)c1cccc(OC)c1. The lowest BCUT2D eigenvalue weighted by Gasteiger charge is -2.22. The Kier molecular flexibility index (Phi) is 11.3. The van der Waals surface area contributed by atoms with E-state index in [-0.39, 0.29) is 18.1 Å². The van der Waals surface area contributed by atoms with Crippen LogP contribution in [0.1, 0.15) is 34.8 Å². The summed E-state index contributed by atoms with van der Waals surface area (Å²) in [7, 11) is 1.59. The predicted molar refractivity (Wildman–Crippen MR) is 172 cm³/mol. The van der Waals surface area contributed by atoms with Gasteiger partial charge in [-0.05, 0) is 61.4 Å². The van der Waals surface area contributed by atoms with Gasteiger partial charge in [-0.3, -0.25) is 9.59 Å². The molecule has 8 nitrogen and oxygen atoms in total. The lowest BCUT2D eigenvalue weighted by molar-refractivity contribution is -0.137. The molecule has 1 atom stereocenters. The molecule has 0 aliphatic heterocycles. The molecule has 44 heavy (non-hydrogen) atoms. The number of amides is 1. The summed E-state index contributed by atoms with van der Waals surface area (Å²) in [5, 5.41) is 13.0. The number of para-hydroxylation sites is 1. The first-order valence-corrected chi connectivity index (χ1v) is 14.4. The number of carboxylic acid groups (broad SMARTS) is 1. The van der Waals surface area contributed by atoms with Crippen molar-refractivity contribution in [2.45, 2.75) is 25.8 Å². The van der Waals surface area contributed by atoms with Crippen LogP contribution in [0.5, 0.6) is 11.5 Å². The average molecular weight is 593 g/mol. The Labute approximate surface area is 257 Å². The average Bonchev–Trinajstić information content (AvgIpc) is 3.05. The summed E-state index contributed by atoms with van der Waals surface area (Å²) in [5.41, 5.74) is 2.94. The van der Waals surface area contributed by atoms with Gasteiger partial charge in [0.15, 0.2) is 5.78 Å². The molecule has 226 valence electrons. The van der Waals surface area contributed by atoms with Crippen LogP contribution >= 0.6 is 0 Å². The molecule has 4 aromatic rings. The minimum atomic E-state index is -1.03. The molecule has 0 radical (unpaired) electrons. The van der Waals surface area contributed by atoms with Crippen molar-refractivity contribution in [2.75, 3.05) is 30.5 Å². The molecule has 0 saturated carbocycles. The number of rotatable bonds is 15. The largest absolute Gasteiger partial charge is 0.497 e. The Morgan fingerprint density at radius 3 is 2.32 bits per heavy atom. The second kappa shape index (κ2) is 15.7. The first-order valence-electron chi connectivity index (χ1n) is 14.4. The second-order valence-corrected chi connectivity index (χ2v) is 10.0. The monoisotopic (exact) mass is 592 g/mol. The number of nitrogens with zero attached hydrogens (tertiary/aromatic N) is 1. The summed E-state index contributed by atoms with van der Waals surface area (Å²) >= 11 is 0. The van der Waals surface area contributed by atoms with Gasteiger partial charge in [0.2, 0.25) is 0 Å². The number of ketones is 1. The number of nitrogens with one attached hydrogen (secondary N) is 1. The van der Waals surface area contributed by atoms with Crippen LogP contribution in [0.2, 0.25) is 0 Å². The highest BCUT2D eigenvalue weighted by molar-refractivity contribution is 6.12. The summed E-state index contributed by atoms with van der Waals surface area (Å²) in [4.78, 5) is 39.7. The highest BCUT2D eigenvalue weighted by Crippen LogP contribution is 2.23. The van der Waals surface area contributed by atoms with E-state index in [9.17, 15) is 19.5 Å². The van der Waals surface area contributed by atoms with Gasteiger partial charge in [0.1, 0.15) is 17.5 Å². The minimum Gasteiger partial charge on any atom is -0.497 e. The molecule has 0 aromatic heterocycles. The molecule has 0 spiro atoms. The standard InChI is InChI=1S/C36H36N2O6/c1-3-11-34(39)38(28-14-9-15-30(25-28)43-2)22-10-23-44-29-20-18-26(19-21-29)24-33(36(41)42)37-32-17-8-7-16-31(32)35(40)27-12-5-4-6-13-27/h3-9,11-21,25,33,37H,10,22-24H2,1-2H3,(H,41,42)/t33-/m0/s1. The molecule has 0 fully saturated rings. The maximum atomic E-state index is 13.1. The normalized spacial score (nSPS) is 11.5. The highest BCUT2D eigenvalue weighted by atomic mass is 16.5.